The summed E-state index contributed by atoms with van der Waals surface area (Å²) in [6.07, 6.45) is 8.60. The number of carbonyl (C=O) groups excluding carboxylic acids is 2. The van der Waals surface area contributed by atoms with E-state index in [1.807, 2.05) is 16.4 Å². The molecule has 6 heterocycles. The van der Waals surface area contributed by atoms with Gasteiger partial charge in [0.05, 0.1) is 44.6 Å². The molecule has 4 fully saturated rings. The number of hydrogen-bond acceptors (Lipinski definition) is 10. The van der Waals surface area contributed by atoms with Gasteiger partial charge < -0.3 is 15.1 Å². The molecule has 4 aliphatic rings. The fourth-order valence-electron chi connectivity index (χ4n) is 9.06. The van der Waals surface area contributed by atoms with E-state index >= 15 is 4.39 Å². The molecule has 0 radical (unpaired) electrons. The van der Waals surface area contributed by atoms with Gasteiger partial charge in [-0.25, -0.2) is 27.7 Å². The van der Waals surface area contributed by atoms with Crippen LogP contribution in [0.4, 0.5) is 16.0 Å². The van der Waals surface area contributed by atoms with Crippen LogP contribution in [0.25, 0.3) is 11.0 Å². The Hall–Kier alpha value is -4.69. The predicted molar refractivity (Wildman–Crippen MR) is 215 cm³/mol. The summed E-state index contributed by atoms with van der Waals surface area (Å²) in [5.74, 6) is -0.288. The van der Waals surface area contributed by atoms with Crippen LogP contribution in [0.2, 0.25) is 5.02 Å². The number of fused-ring (bicyclic) bond motifs is 1. The molecule has 0 bridgehead atoms. The number of anilines is 2. The Kier molecular flexibility index (Phi) is 11.4. The number of likely N-dealkylation sites (tertiary alicyclic amines) is 1. The van der Waals surface area contributed by atoms with Crippen molar-refractivity contribution in [1.29, 1.82) is 5.26 Å². The van der Waals surface area contributed by atoms with Crippen LogP contribution in [0.1, 0.15) is 74.5 Å². The fraction of sp³-hybridized carbons (Fsp3) is 0.500. The van der Waals surface area contributed by atoms with Crippen molar-refractivity contribution in [3.63, 3.8) is 0 Å². The maximum absolute atomic E-state index is 15.2. The van der Waals surface area contributed by atoms with Crippen molar-refractivity contribution < 1.29 is 18.2 Å². The molecule has 0 spiro atoms. The molecule has 2 unspecified atom stereocenters. The lowest BCUT2D eigenvalue weighted by molar-refractivity contribution is -0.135. The summed E-state index contributed by atoms with van der Waals surface area (Å²) < 4.78 is 33.8. The second kappa shape index (κ2) is 16.7. The van der Waals surface area contributed by atoms with Crippen LogP contribution < -0.4 is 21.2 Å². The number of imide groups is 1. The minimum Gasteiger partial charge on any atom is -0.370 e. The van der Waals surface area contributed by atoms with E-state index in [0.29, 0.717) is 51.5 Å². The minimum absolute atomic E-state index is 0.0544. The minimum atomic E-state index is -1.35. The average Bonchev–Trinajstić information content (AvgIpc) is 3.46. The first-order valence-electron chi connectivity index (χ1n) is 19.7. The maximum Gasteiger partial charge on any atom is 0.329 e. The van der Waals surface area contributed by atoms with Gasteiger partial charge in [0, 0.05) is 52.2 Å². The summed E-state index contributed by atoms with van der Waals surface area (Å²) in [4.78, 5) is 51.8. The Balaban J connectivity index is 0.858. The number of aryl methyl sites for hydroxylation is 1. The number of hydrogen-bond donors (Lipinski definition) is 2. The molecule has 2 amide bonds. The molecular weight excluding hydrogens is 771 g/mol. The summed E-state index contributed by atoms with van der Waals surface area (Å²) >= 11 is 5.91. The lowest BCUT2D eigenvalue weighted by Crippen LogP contribution is -2.44. The number of aromatic nitrogens is 4. The van der Waals surface area contributed by atoms with Gasteiger partial charge in [-0.3, -0.25) is 24.0 Å². The molecular formula is C40H46ClFN10O4S. The van der Waals surface area contributed by atoms with Crippen LogP contribution in [-0.4, -0.2) is 96.2 Å². The zero-order valence-electron chi connectivity index (χ0n) is 31.8. The van der Waals surface area contributed by atoms with Crippen molar-refractivity contribution in [2.24, 2.45) is 13.0 Å². The molecule has 17 heteroatoms. The molecule has 57 heavy (non-hydrogen) atoms. The van der Waals surface area contributed by atoms with Crippen molar-refractivity contribution >= 4 is 57.1 Å². The van der Waals surface area contributed by atoms with Crippen LogP contribution >= 0.6 is 11.6 Å². The fourth-order valence-corrected chi connectivity index (χ4v) is 10.4. The molecule has 4 saturated heterocycles. The highest BCUT2D eigenvalue weighted by Gasteiger charge is 2.34. The van der Waals surface area contributed by atoms with Gasteiger partial charge in [0.1, 0.15) is 28.9 Å². The van der Waals surface area contributed by atoms with Crippen LogP contribution in [0.3, 0.4) is 0 Å². The molecule has 14 nitrogen and oxygen atoms in total. The van der Waals surface area contributed by atoms with Crippen molar-refractivity contribution in [2.45, 2.75) is 74.3 Å². The monoisotopic (exact) mass is 816 g/mol. The number of nitrogens with zero attached hydrogens (tertiary/aromatic N) is 8. The summed E-state index contributed by atoms with van der Waals surface area (Å²) in [5.41, 5.74) is 2.83. The van der Waals surface area contributed by atoms with Crippen LogP contribution in [0, 0.1) is 23.1 Å². The smallest absolute Gasteiger partial charge is 0.329 e. The number of nitriles is 1. The largest absolute Gasteiger partial charge is 0.370 e. The third-order valence-electron chi connectivity index (χ3n) is 12.1. The molecule has 2 N–H and O–H groups in total. The van der Waals surface area contributed by atoms with E-state index in [0.717, 1.165) is 82.5 Å². The first-order valence-corrected chi connectivity index (χ1v) is 21.2. The molecule has 2 aromatic heterocycles. The van der Waals surface area contributed by atoms with E-state index in [9.17, 15) is 23.9 Å². The van der Waals surface area contributed by atoms with Crippen molar-refractivity contribution in [1.82, 2.24) is 33.6 Å². The molecule has 0 aliphatic carbocycles. The Labute approximate surface area is 337 Å². The topological polar surface area (TPSA) is 161 Å². The molecule has 4 aliphatic heterocycles. The van der Waals surface area contributed by atoms with Gasteiger partial charge in [-0.2, -0.15) is 5.26 Å². The van der Waals surface area contributed by atoms with E-state index in [1.54, 1.807) is 25.5 Å². The summed E-state index contributed by atoms with van der Waals surface area (Å²) in [6.45, 7) is 5.55. The van der Waals surface area contributed by atoms with E-state index in [4.69, 9.17) is 11.6 Å². The molecule has 4 aromatic rings. The van der Waals surface area contributed by atoms with E-state index in [2.05, 4.69) is 36.5 Å². The van der Waals surface area contributed by atoms with Gasteiger partial charge in [0.25, 0.3) is 0 Å². The van der Waals surface area contributed by atoms with E-state index in [1.165, 1.54) is 21.3 Å². The van der Waals surface area contributed by atoms with Crippen LogP contribution in [-0.2, 0) is 27.6 Å². The Morgan fingerprint density at radius 2 is 1.68 bits per heavy atom. The highest BCUT2D eigenvalue weighted by molar-refractivity contribution is 7.82. The summed E-state index contributed by atoms with van der Waals surface area (Å²) in [6, 6.07) is 10.0. The van der Waals surface area contributed by atoms with Crippen molar-refractivity contribution in [3.8, 4) is 6.07 Å². The van der Waals surface area contributed by atoms with E-state index < -0.39 is 34.4 Å². The number of carbonyl (C=O) groups is 2. The van der Waals surface area contributed by atoms with Gasteiger partial charge in [-0.15, -0.1) is 0 Å². The van der Waals surface area contributed by atoms with Gasteiger partial charge in [-0.05, 0) is 106 Å². The Bertz CT molecular complexity index is 2290. The van der Waals surface area contributed by atoms with Gasteiger partial charge in [-0.1, -0.05) is 11.6 Å². The quantitative estimate of drug-likeness (QED) is 0.231. The zero-order chi connectivity index (χ0) is 39.8. The van der Waals surface area contributed by atoms with Crippen LogP contribution in [0.15, 0.2) is 52.4 Å². The maximum atomic E-state index is 15.2. The highest BCUT2D eigenvalue weighted by Crippen LogP contribution is 2.36. The Morgan fingerprint density at radius 3 is 2.37 bits per heavy atom. The predicted octanol–water partition coefficient (Wildman–Crippen LogP) is 4.47. The number of nitrogens with one attached hydrogen (secondary N) is 2. The standard InChI is InChI=1S/C40H46ClFN10O4S/c1-48-37-32(18-29(42)19-35(37)52(40(48)55)33-4-5-36(53)47-38(33)54)26-8-12-49(13-9-26)24-25-6-14-50(15-7-25)34-20-31(3-2-27(34)21-43)57(56)51-16-10-30(11-17-51)46-39-44-22-28(41)23-45-39/h2-3,18-20,22-23,25-26,30,33H,4-17,24H2,1H3,(H,44,45,46)(H,47,53,54). The summed E-state index contributed by atoms with van der Waals surface area (Å²) in [7, 11) is 0.306. The average molecular weight is 817 g/mol. The normalized spacial score (nSPS) is 21.4. The number of imidazole rings is 1. The van der Waals surface area contributed by atoms with E-state index in [-0.39, 0.29) is 30.7 Å². The molecule has 2 aromatic carbocycles. The second-order valence-electron chi connectivity index (χ2n) is 15.7. The first-order chi connectivity index (χ1) is 27.6. The number of rotatable bonds is 9. The van der Waals surface area contributed by atoms with Crippen molar-refractivity contribution in [2.75, 3.05) is 56.0 Å². The SMILES string of the molecule is Cn1c(=O)n(C2CCC(=O)NC2=O)c2cc(F)cc(C3CCN(CC4CCN(c5cc(S(=O)N6CCC(Nc7ncc(Cl)cn7)CC6)ccc5C#N)CC4)CC3)c21. The number of halogens is 2. The van der Waals surface area contributed by atoms with Gasteiger partial charge in [0.15, 0.2) is 0 Å². The number of amides is 2. The molecule has 0 saturated carbocycles. The number of benzene rings is 2. The third-order valence-corrected chi connectivity index (χ3v) is 13.8. The summed E-state index contributed by atoms with van der Waals surface area (Å²) in [5, 5.41) is 16.1. The third kappa shape index (κ3) is 8.20. The lowest BCUT2D eigenvalue weighted by atomic mass is 9.87. The van der Waals surface area contributed by atoms with Crippen molar-refractivity contribution in [3.05, 3.63) is 75.2 Å². The lowest BCUT2D eigenvalue weighted by Gasteiger charge is -2.39. The first kappa shape index (κ1) is 39.2. The zero-order valence-corrected chi connectivity index (χ0v) is 33.4. The molecule has 8 rings (SSSR count). The van der Waals surface area contributed by atoms with Crippen LogP contribution in [0.5, 0.6) is 0 Å². The molecule has 300 valence electrons. The van der Waals surface area contributed by atoms with Gasteiger partial charge in [0.2, 0.25) is 17.8 Å². The number of piperidine rings is 4. The highest BCUT2D eigenvalue weighted by atomic mass is 35.5. The van der Waals surface area contributed by atoms with Gasteiger partial charge >= 0.3 is 5.69 Å². The second-order valence-corrected chi connectivity index (χ2v) is 17.6. The Morgan fingerprint density at radius 1 is 0.965 bits per heavy atom. The molecule has 2 atom stereocenters.